The molecule has 0 saturated heterocycles. The number of fused-ring (bicyclic) bond motifs is 1. The Labute approximate surface area is 95.3 Å². The third-order valence-electron chi connectivity index (χ3n) is 2.08. The minimum Gasteiger partial charge on any atom is -0.298 e. The first-order valence-electron chi connectivity index (χ1n) is 3.97. The van der Waals surface area contributed by atoms with Crippen LogP contribution in [0.4, 0.5) is 0 Å². The molecule has 0 bridgehead atoms. The van der Waals surface area contributed by atoms with Crippen LogP contribution in [0, 0.1) is 0 Å². The number of hydrogen-bond acceptors (Lipinski definition) is 2. The molecule has 0 radical (unpaired) electrons. The number of carbonyl (C=O) groups excluding carboxylic acids is 1. The molecule has 1 nitrogen and oxygen atoms in total. The quantitative estimate of drug-likeness (QED) is 0.574. The SMILES string of the molecule is O=Cc1c(CCl)cc(Cl)c2ccsc12. The Bertz CT molecular complexity index is 490. The molecular formula is C10H6Cl2OS. The van der Waals surface area contributed by atoms with Crippen molar-refractivity contribution in [3.63, 3.8) is 0 Å². The number of rotatable bonds is 2. The first kappa shape index (κ1) is 9.97. The Hall–Kier alpha value is -0.570. The van der Waals surface area contributed by atoms with Gasteiger partial charge in [0.05, 0.1) is 0 Å². The highest BCUT2D eigenvalue weighted by Crippen LogP contribution is 2.33. The van der Waals surface area contributed by atoms with Gasteiger partial charge in [-0.15, -0.1) is 22.9 Å². The predicted molar refractivity (Wildman–Crippen MR) is 61.8 cm³/mol. The van der Waals surface area contributed by atoms with Gasteiger partial charge in [-0.05, 0) is 23.1 Å². The highest BCUT2D eigenvalue weighted by atomic mass is 35.5. The third kappa shape index (κ3) is 1.44. The zero-order valence-corrected chi connectivity index (χ0v) is 9.42. The molecule has 2 rings (SSSR count). The molecule has 1 aromatic heterocycles. The molecule has 0 saturated carbocycles. The molecule has 0 aliphatic carbocycles. The lowest BCUT2D eigenvalue weighted by Crippen LogP contribution is -1.89. The molecule has 0 aliphatic heterocycles. The Morgan fingerprint density at radius 2 is 2.29 bits per heavy atom. The topological polar surface area (TPSA) is 17.1 Å². The first-order chi connectivity index (χ1) is 6.77. The van der Waals surface area contributed by atoms with Gasteiger partial charge in [-0.2, -0.15) is 0 Å². The van der Waals surface area contributed by atoms with E-state index in [0.29, 0.717) is 16.5 Å². The molecule has 0 amide bonds. The average Bonchev–Trinajstić information content (AvgIpc) is 2.66. The maximum atomic E-state index is 10.9. The van der Waals surface area contributed by atoms with E-state index in [9.17, 15) is 4.79 Å². The van der Waals surface area contributed by atoms with Crippen molar-refractivity contribution in [3.8, 4) is 0 Å². The zero-order chi connectivity index (χ0) is 10.1. The molecular weight excluding hydrogens is 239 g/mol. The Morgan fingerprint density at radius 1 is 1.50 bits per heavy atom. The number of halogens is 2. The fraction of sp³-hybridized carbons (Fsp3) is 0.100. The van der Waals surface area contributed by atoms with Gasteiger partial charge in [0.2, 0.25) is 0 Å². The molecule has 0 spiro atoms. The molecule has 0 unspecified atom stereocenters. The van der Waals surface area contributed by atoms with E-state index >= 15 is 0 Å². The number of thiophene rings is 1. The van der Waals surface area contributed by atoms with Crippen molar-refractivity contribution in [3.05, 3.63) is 33.7 Å². The second-order valence-corrected chi connectivity index (χ2v) is 4.44. The van der Waals surface area contributed by atoms with Gasteiger partial charge >= 0.3 is 0 Å². The fourth-order valence-corrected chi connectivity index (χ4v) is 2.92. The van der Waals surface area contributed by atoms with Gasteiger partial charge in [0.25, 0.3) is 0 Å². The molecule has 0 N–H and O–H groups in total. The summed E-state index contributed by atoms with van der Waals surface area (Å²) in [5, 5.41) is 3.50. The van der Waals surface area contributed by atoms with Gasteiger partial charge in [-0.25, -0.2) is 0 Å². The molecule has 14 heavy (non-hydrogen) atoms. The van der Waals surface area contributed by atoms with E-state index < -0.39 is 0 Å². The van der Waals surface area contributed by atoms with Gasteiger partial charge in [0.15, 0.2) is 6.29 Å². The summed E-state index contributed by atoms with van der Waals surface area (Å²) in [6, 6.07) is 3.67. The summed E-state index contributed by atoms with van der Waals surface area (Å²) in [6.45, 7) is 0. The lowest BCUT2D eigenvalue weighted by molar-refractivity contribution is 0.112. The van der Waals surface area contributed by atoms with Gasteiger partial charge in [0, 0.05) is 26.6 Å². The summed E-state index contributed by atoms with van der Waals surface area (Å²) in [5.41, 5.74) is 1.45. The van der Waals surface area contributed by atoms with Crippen molar-refractivity contribution < 1.29 is 4.79 Å². The smallest absolute Gasteiger partial charge is 0.151 e. The molecule has 72 valence electrons. The lowest BCUT2D eigenvalue weighted by Gasteiger charge is -2.03. The lowest BCUT2D eigenvalue weighted by atomic mass is 10.1. The van der Waals surface area contributed by atoms with Crippen LogP contribution < -0.4 is 0 Å². The number of hydrogen-bond donors (Lipinski definition) is 0. The monoisotopic (exact) mass is 244 g/mol. The van der Waals surface area contributed by atoms with Crippen molar-refractivity contribution >= 4 is 50.9 Å². The summed E-state index contributed by atoms with van der Waals surface area (Å²) in [6.07, 6.45) is 0.840. The first-order valence-corrected chi connectivity index (χ1v) is 5.77. The van der Waals surface area contributed by atoms with Gasteiger partial charge in [-0.1, -0.05) is 11.6 Å². The van der Waals surface area contributed by atoms with E-state index in [1.807, 2.05) is 11.4 Å². The maximum Gasteiger partial charge on any atom is 0.151 e. The van der Waals surface area contributed by atoms with Gasteiger partial charge < -0.3 is 0 Å². The van der Waals surface area contributed by atoms with E-state index in [-0.39, 0.29) is 0 Å². The Morgan fingerprint density at radius 3 is 2.93 bits per heavy atom. The van der Waals surface area contributed by atoms with Crippen LogP contribution in [0.15, 0.2) is 17.5 Å². The normalized spacial score (nSPS) is 10.7. The van der Waals surface area contributed by atoms with E-state index in [1.165, 1.54) is 11.3 Å². The largest absolute Gasteiger partial charge is 0.298 e. The summed E-state index contributed by atoms with van der Waals surface area (Å²) < 4.78 is 0.920. The molecule has 0 fully saturated rings. The number of carbonyl (C=O) groups is 1. The molecule has 0 atom stereocenters. The van der Waals surface area contributed by atoms with Gasteiger partial charge in [-0.3, -0.25) is 4.79 Å². The molecule has 2 aromatic rings. The Kier molecular flexibility index (Phi) is 2.77. The van der Waals surface area contributed by atoms with Crippen LogP contribution in [0.5, 0.6) is 0 Å². The van der Waals surface area contributed by atoms with Crippen molar-refractivity contribution in [1.29, 1.82) is 0 Å². The second-order valence-electron chi connectivity index (χ2n) is 2.85. The van der Waals surface area contributed by atoms with Crippen LogP contribution in [0.2, 0.25) is 5.02 Å². The predicted octanol–water partition coefficient (Wildman–Crippen LogP) is 4.11. The van der Waals surface area contributed by atoms with Crippen LogP contribution in [-0.4, -0.2) is 6.29 Å². The molecule has 1 aromatic carbocycles. The highest BCUT2D eigenvalue weighted by molar-refractivity contribution is 7.17. The maximum absolute atomic E-state index is 10.9. The average molecular weight is 245 g/mol. The van der Waals surface area contributed by atoms with Crippen molar-refractivity contribution in [1.82, 2.24) is 0 Å². The molecule has 1 heterocycles. The van der Waals surface area contributed by atoms with Crippen LogP contribution in [0.3, 0.4) is 0 Å². The third-order valence-corrected chi connectivity index (χ3v) is 3.62. The standard InChI is InChI=1S/C10H6Cl2OS/c11-4-6-3-9(12)7-1-2-14-10(7)8(6)5-13/h1-3,5H,4H2. The van der Waals surface area contributed by atoms with E-state index in [2.05, 4.69) is 0 Å². The summed E-state index contributed by atoms with van der Waals surface area (Å²) in [4.78, 5) is 10.9. The minimum atomic E-state index is 0.307. The fourth-order valence-electron chi connectivity index (χ4n) is 1.40. The van der Waals surface area contributed by atoms with Crippen LogP contribution in [-0.2, 0) is 5.88 Å². The number of benzene rings is 1. The minimum absolute atomic E-state index is 0.307. The summed E-state index contributed by atoms with van der Waals surface area (Å²) >= 11 is 13.3. The number of aldehydes is 1. The van der Waals surface area contributed by atoms with E-state index in [1.54, 1.807) is 6.07 Å². The van der Waals surface area contributed by atoms with E-state index in [0.717, 1.165) is 21.9 Å². The summed E-state index contributed by atoms with van der Waals surface area (Å²) in [5.74, 6) is 0.307. The van der Waals surface area contributed by atoms with Crippen molar-refractivity contribution in [2.24, 2.45) is 0 Å². The van der Waals surface area contributed by atoms with Crippen LogP contribution >= 0.6 is 34.5 Å². The number of alkyl halides is 1. The Balaban J connectivity index is 2.88. The zero-order valence-electron chi connectivity index (χ0n) is 7.09. The van der Waals surface area contributed by atoms with Crippen LogP contribution in [0.1, 0.15) is 15.9 Å². The van der Waals surface area contributed by atoms with Crippen molar-refractivity contribution in [2.75, 3.05) is 0 Å². The van der Waals surface area contributed by atoms with Gasteiger partial charge in [0.1, 0.15) is 0 Å². The highest BCUT2D eigenvalue weighted by Gasteiger charge is 2.10. The molecule has 0 aliphatic rings. The summed E-state index contributed by atoms with van der Waals surface area (Å²) in [7, 11) is 0. The van der Waals surface area contributed by atoms with E-state index in [4.69, 9.17) is 23.2 Å². The van der Waals surface area contributed by atoms with Crippen molar-refractivity contribution in [2.45, 2.75) is 5.88 Å². The van der Waals surface area contributed by atoms with Crippen LogP contribution in [0.25, 0.3) is 10.1 Å². The molecule has 4 heteroatoms. The second kappa shape index (κ2) is 3.89.